The monoisotopic (exact) mass is 266 g/mol. The summed E-state index contributed by atoms with van der Waals surface area (Å²) in [6, 6.07) is 0. The van der Waals surface area contributed by atoms with Crippen LogP contribution in [0.15, 0.2) is 0 Å². The van der Waals surface area contributed by atoms with Crippen LogP contribution in [0.4, 0.5) is 0 Å². The van der Waals surface area contributed by atoms with Gasteiger partial charge in [-0.25, -0.2) is 0 Å². The van der Waals surface area contributed by atoms with Crippen molar-refractivity contribution in [1.82, 2.24) is 0 Å². The summed E-state index contributed by atoms with van der Waals surface area (Å²) in [4.78, 5) is 10.9. The average molecular weight is 268 g/mol. The maximum Gasteiger partial charge on any atom is 0.325 e. The summed E-state index contributed by atoms with van der Waals surface area (Å²) >= 11 is 22.8. The molecule has 3 atom stereocenters. The molecule has 0 saturated heterocycles. The fourth-order valence-electron chi connectivity index (χ4n) is 0.689. The van der Waals surface area contributed by atoms with Crippen LogP contribution in [0, 0.1) is 0 Å². The maximum absolute atomic E-state index is 10.9. The molecule has 0 radical (unpaired) electrons. The van der Waals surface area contributed by atoms with Crippen molar-refractivity contribution in [3.8, 4) is 0 Å². The number of hydrogen-bond donors (Lipinski definition) is 0. The summed E-state index contributed by atoms with van der Waals surface area (Å²) in [5.74, 6) is -0.204. The molecule has 0 aromatic rings. The van der Waals surface area contributed by atoms with Crippen LogP contribution in [0.3, 0.4) is 0 Å². The summed E-state index contributed by atoms with van der Waals surface area (Å²) in [5, 5.41) is -2.03. The van der Waals surface area contributed by atoms with E-state index in [4.69, 9.17) is 46.4 Å². The zero-order valence-electron chi connectivity index (χ0n) is 6.97. The Bertz CT molecular complexity index is 165. The predicted octanol–water partition coefficient (Wildman–Crippen LogP) is 2.61. The fraction of sp³-hybridized carbons (Fsp3) is 0.857. The van der Waals surface area contributed by atoms with Crippen LogP contribution < -0.4 is 0 Å². The molecule has 0 aromatic heterocycles. The molecule has 0 amide bonds. The second-order valence-corrected chi connectivity index (χ2v) is 4.28. The Morgan fingerprint density at radius 1 is 1.38 bits per heavy atom. The van der Waals surface area contributed by atoms with Gasteiger partial charge in [0.1, 0.15) is 5.38 Å². The van der Waals surface area contributed by atoms with Crippen molar-refractivity contribution in [2.45, 2.75) is 22.6 Å². The van der Waals surface area contributed by atoms with Crippen molar-refractivity contribution in [2.24, 2.45) is 0 Å². The van der Waals surface area contributed by atoms with Gasteiger partial charge in [0.25, 0.3) is 0 Å². The van der Waals surface area contributed by atoms with E-state index in [-0.39, 0.29) is 0 Å². The SMILES string of the molecule is COC(=O)C(Cl)C(Cl)C(Cl)CCCl. The number of rotatable bonds is 5. The third-order valence-electron chi connectivity index (χ3n) is 1.44. The molecule has 2 nitrogen and oxygen atoms in total. The Hall–Kier alpha value is 0.630. The highest BCUT2D eigenvalue weighted by Crippen LogP contribution is 2.22. The lowest BCUT2D eigenvalue weighted by molar-refractivity contribution is -0.140. The van der Waals surface area contributed by atoms with E-state index in [0.717, 1.165) is 0 Å². The number of esters is 1. The molecule has 0 saturated carbocycles. The van der Waals surface area contributed by atoms with Gasteiger partial charge >= 0.3 is 5.97 Å². The van der Waals surface area contributed by atoms with Crippen molar-refractivity contribution >= 4 is 52.4 Å². The maximum atomic E-state index is 10.9. The normalized spacial score (nSPS) is 17.6. The Kier molecular flexibility index (Phi) is 7.33. The van der Waals surface area contributed by atoms with Crippen molar-refractivity contribution in [2.75, 3.05) is 13.0 Å². The molecule has 0 aliphatic rings. The Morgan fingerprint density at radius 2 is 1.92 bits per heavy atom. The lowest BCUT2D eigenvalue weighted by atomic mass is 10.2. The topological polar surface area (TPSA) is 26.3 Å². The number of ether oxygens (including phenoxy) is 1. The lowest BCUT2D eigenvalue weighted by Gasteiger charge is -2.18. The lowest BCUT2D eigenvalue weighted by Crippen LogP contribution is -2.33. The van der Waals surface area contributed by atoms with Gasteiger partial charge < -0.3 is 4.74 Å². The van der Waals surface area contributed by atoms with Gasteiger partial charge in [0, 0.05) is 5.88 Å². The molecule has 0 heterocycles. The number of carbonyl (C=O) groups is 1. The molecule has 3 unspecified atom stereocenters. The fourth-order valence-corrected chi connectivity index (χ4v) is 1.86. The molecule has 0 bridgehead atoms. The number of alkyl halides is 4. The number of methoxy groups -OCH3 is 1. The molecular weight excluding hydrogens is 258 g/mol. The van der Waals surface area contributed by atoms with Crippen LogP contribution >= 0.6 is 46.4 Å². The van der Waals surface area contributed by atoms with E-state index in [0.29, 0.717) is 12.3 Å². The van der Waals surface area contributed by atoms with E-state index >= 15 is 0 Å². The Balaban J connectivity index is 4.07. The van der Waals surface area contributed by atoms with Crippen LogP contribution in [-0.4, -0.2) is 35.1 Å². The first-order valence-electron chi connectivity index (χ1n) is 3.60. The summed E-state index contributed by atoms with van der Waals surface area (Å²) in [5.41, 5.74) is 0. The summed E-state index contributed by atoms with van der Waals surface area (Å²) in [6.07, 6.45) is 0.498. The molecule has 0 spiro atoms. The van der Waals surface area contributed by atoms with Gasteiger partial charge in [-0.1, -0.05) is 0 Å². The van der Waals surface area contributed by atoms with E-state index in [1.165, 1.54) is 7.11 Å². The Labute approximate surface area is 97.4 Å². The molecule has 0 aliphatic heterocycles. The molecular formula is C7H10Cl4O2. The number of halogens is 4. The van der Waals surface area contributed by atoms with Crippen molar-refractivity contribution in [3.63, 3.8) is 0 Å². The van der Waals surface area contributed by atoms with Crippen LogP contribution in [-0.2, 0) is 9.53 Å². The summed E-state index contributed by atoms with van der Waals surface area (Å²) < 4.78 is 4.41. The van der Waals surface area contributed by atoms with Crippen LogP contribution in [0.25, 0.3) is 0 Å². The van der Waals surface area contributed by atoms with Crippen molar-refractivity contribution in [3.05, 3.63) is 0 Å². The first-order valence-corrected chi connectivity index (χ1v) is 5.45. The van der Waals surface area contributed by atoms with Gasteiger partial charge in [-0.3, -0.25) is 4.79 Å². The third-order valence-corrected chi connectivity index (χ3v) is 3.41. The highest BCUT2D eigenvalue weighted by Gasteiger charge is 2.30. The summed E-state index contributed by atoms with van der Waals surface area (Å²) in [6.45, 7) is 0. The first kappa shape index (κ1) is 13.6. The van der Waals surface area contributed by atoms with Gasteiger partial charge in [-0.15, -0.1) is 46.4 Å². The average Bonchev–Trinajstić information content (AvgIpc) is 2.14. The van der Waals surface area contributed by atoms with Crippen LogP contribution in [0.5, 0.6) is 0 Å². The molecule has 0 fully saturated rings. The molecule has 0 N–H and O–H groups in total. The van der Waals surface area contributed by atoms with E-state index in [1.54, 1.807) is 0 Å². The van der Waals surface area contributed by atoms with Crippen LogP contribution in [0.2, 0.25) is 0 Å². The van der Waals surface area contributed by atoms with E-state index < -0.39 is 22.1 Å². The van der Waals surface area contributed by atoms with E-state index in [1.807, 2.05) is 0 Å². The molecule has 0 aliphatic carbocycles. The highest BCUT2D eigenvalue weighted by molar-refractivity contribution is 6.39. The number of hydrogen-bond acceptors (Lipinski definition) is 2. The largest absolute Gasteiger partial charge is 0.468 e. The van der Waals surface area contributed by atoms with E-state index in [2.05, 4.69) is 4.74 Å². The summed E-state index contributed by atoms with van der Waals surface area (Å²) in [7, 11) is 1.24. The van der Waals surface area contributed by atoms with Gasteiger partial charge in [-0.05, 0) is 6.42 Å². The van der Waals surface area contributed by atoms with Crippen LogP contribution in [0.1, 0.15) is 6.42 Å². The minimum atomic E-state index is -0.933. The van der Waals surface area contributed by atoms with E-state index in [9.17, 15) is 4.79 Å². The van der Waals surface area contributed by atoms with Gasteiger partial charge in [0.2, 0.25) is 0 Å². The zero-order valence-corrected chi connectivity index (χ0v) is 10.00. The predicted molar refractivity (Wildman–Crippen MR) is 56.3 cm³/mol. The molecule has 6 heteroatoms. The molecule has 13 heavy (non-hydrogen) atoms. The van der Waals surface area contributed by atoms with Crippen molar-refractivity contribution in [1.29, 1.82) is 0 Å². The minimum absolute atomic E-state index is 0.377. The Morgan fingerprint density at radius 3 is 2.31 bits per heavy atom. The minimum Gasteiger partial charge on any atom is -0.468 e. The van der Waals surface area contributed by atoms with Gasteiger partial charge in [0.05, 0.1) is 17.9 Å². The molecule has 0 aromatic carbocycles. The molecule has 78 valence electrons. The molecule has 0 rings (SSSR count). The van der Waals surface area contributed by atoms with Gasteiger partial charge in [-0.2, -0.15) is 0 Å². The van der Waals surface area contributed by atoms with Gasteiger partial charge in [0.15, 0.2) is 0 Å². The zero-order chi connectivity index (χ0) is 10.4. The smallest absolute Gasteiger partial charge is 0.325 e. The first-order chi connectivity index (χ1) is 6.04. The van der Waals surface area contributed by atoms with Crippen molar-refractivity contribution < 1.29 is 9.53 Å². The highest BCUT2D eigenvalue weighted by atomic mass is 35.5. The standard InChI is InChI=1S/C7H10Cl4O2/c1-13-7(12)6(11)5(10)4(9)2-3-8/h4-6H,2-3H2,1H3. The quantitative estimate of drug-likeness (QED) is 0.566. The number of carbonyl (C=O) groups excluding carboxylic acids is 1. The second kappa shape index (κ2) is 6.99. The second-order valence-electron chi connectivity index (χ2n) is 2.36. The third kappa shape index (κ3) is 4.59.